The van der Waals surface area contributed by atoms with Crippen LogP contribution in [0.5, 0.6) is 0 Å². The Hall–Kier alpha value is -3.96. The first-order valence-electron chi connectivity index (χ1n) is 10.8. The average molecular weight is 481 g/mol. The van der Waals surface area contributed by atoms with Crippen molar-refractivity contribution >= 4 is 5.97 Å². The number of carbonyl (C=O) groups is 1. The minimum absolute atomic E-state index is 0.107. The Morgan fingerprint density at radius 3 is 2.57 bits per heavy atom. The van der Waals surface area contributed by atoms with Crippen LogP contribution in [0.2, 0.25) is 0 Å². The first-order valence-corrected chi connectivity index (χ1v) is 10.8. The molecule has 2 aromatic heterocycles. The number of para-hydroxylation sites is 1. The van der Waals surface area contributed by atoms with Crippen molar-refractivity contribution in [3.8, 4) is 28.7 Å². The molecule has 0 aliphatic rings. The molecule has 35 heavy (non-hydrogen) atoms. The van der Waals surface area contributed by atoms with Gasteiger partial charge in [-0.05, 0) is 38.5 Å². The summed E-state index contributed by atoms with van der Waals surface area (Å²) in [5, 5.41) is 12.2. The Morgan fingerprint density at radius 2 is 1.89 bits per heavy atom. The van der Waals surface area contributed by atoms with E-state index in [1.807, 2.05) is 24.3 Å². The van der Waals surface area contributed by atoms with Gasteiger partial charge in [-0.25, -0.2) is 13.9 Å². The quantitative estimate of drug-likeness (QED) is 0.375. The molecule has 0 saturated carbocycles. The molecule has 182 valence electrons. The molecule has 0 aliphatic carbocycles. The van der Waals surface area contributed by atoms with Gasteiger partial charge in [-0.1, -0.05) is 46.8 Å². The Bertz CT molecular complexity index is 1310. The highest BCUT2D eigenvalue weighted by atomic mass is 19.1. The Morgan fingerprint density at radius 1 is 1.14 bits per heavy atom. The lowest BCUT2D eigenvalue weighted by Gasteiger charge is -2.16. The number of nitrogens with one attached hydrogen (secondary N) is 1. The molecule has 1 N–H and O–H groups in total. The van der Waals surface area contributed by atoms with Gasteiger partial charge in [0.15, 0.2) is 5.69 Å². The predicted molar refractivity (Wildman–Crippen MR) is 123 cm³/mol. The molecule has 0 unspecified atom stereocenters. The summed E-state index contributed by atoms with van der Waals surface area (Å²) in [6.07, 6.45) is 0. The lowest BCUT2D eigenvalue weighted by atomic mass is 9.98. The smallest absolute Gasteiger partial charge is 0.329 e. The summed E-state index contributed by atoms with van der Waals surface area (Å²) in [6.45, 7) is 5.80. The molecule has 0 saturated heterocycles. The number of hydroxylamine groups is 1. The van der Waals surface area contributed by atoms with Gasteiger partial charge in [0.05, 0.1) is 18.6 Å². The van der Waals surface area contributed by atoms with Crippen molar-refractivity contribution < 1.29 is 23.3 Å². The van der Waals surface area contributed by atoms with E-state index in [-0.39, 0.29) is 24.2 Å². The van der Waals surface area contributed by atoms with Crippen molar-refractivity contribution in [3.63, 3.8) is 0 Å². The summed E-state index contributed by atoms with van der Waals surface area (Å²) >= 11 is 0. The standard InChI is InChI=1S/C24H25FN6O4/c1-24(2,3)23(32)35-26-13-15-9-11-16(12-10-15)21-27-22(34-29-21)20-19(14-33-4)31(30-28-20)18-8-6-5-7-17(18)25/h5-12,26H,13-14H2,1-4H3. The fourth-order valence-electron chi connectivity index (χ4n) is 3.10. The largest absolute Gasteiger partial charge is 0.378 e. The van der Waals surface area contributed by atoms with E-state index in [0.29, 0.717) is 29.3 Å². The number of nitrogens with zero attached hydrogens (tertiary/aromatic N) is 5. The normalized spacial score (nSPS) is 11.6. The molecule has 4 aromatic rings. The van der Waals surface area contributed by atoms with Crippen molar-refractivity contribution in [2.75, 3.05) is 7.11 Å². The van der Waals surface area contributed by atoms with Gasteiger partial charge in [0.2, 0.25) is 5.82 Å². The molecule has 10 nitrogen and oxygen atoms in total. The van der Waals surface area contributed by atoms with E-state index in [9.17, 15) is 9.18 Å². The van der Waals surface area contributed by atoms with Crippen molar-refractivity contribution in [1.29, 1.82) is 0 Å². The SMILES string of the molecule is COCc1c(-c2nc(-c3ccc(CNOC(=O)C(C)(C)C)cc3)no2)nnn1-c1ccccc1F. The number of benzene rings is 2. The molecule has 11 heteroatoms. The van der Waals surface area contributed by atoms with E-state index in [0.717, 1.165) is 5.56 Å². The number of hydrogen-bond acceptors (Lipinski definition) is 9. The van der Waals surface area contributed by atoms with Crippen LogP contribution in [0.4, 0.5) is 4.39 Å². The lowest BCUT2D eigenvalue weighted by Crippen LogP contribution is -2.29. The van der Waals surface area contributed by atoms with E-state index in [1.54, 1.807) is 39.0 Å². The number of aromatic nitrogens is 5. The van der Waals surface area contributed by atoms with Gasteiger partial charge in [-0.3, -0.25) is 0 Å². The van der Waals surface area contributed by atoms with E-state index < -0.39 is 11.2 Å². The molecule has 0 bridgehead atoms. The first kappa shape index (κ1) is 24.2. The highest BCUT2D eigenvalue weighted by Crippen LogP contribution is 2.26. The Balaban J connectivity index is 1.51. The van der Waals surface area contributed by atoms with Crippen LogP contribution in [-0.2, 0) is 27.5 Å². The van der Waals surface area contributed by atoms with Gasteiger partial charge in [-0.2, -0.15) is 4.98 Å². The number of rotatable bonds is 8. The Labute approximate surface area is 201 Å². The van der Waals surface area contributed by atoms with Crippen LogP contribution in [0.1, 0.15) is 32.0 Å². The van der Waals surface area contributed by atoms with Crippen LogP contribution in [0, 0.1) is 11.2 Å². The van der Waals surface area contributed by atoms with Crippen LogP contribution in [0.15, 0.2) is 53.1 Å². The zero-order valence-electron chi connectivity index (χ0n) is 19.8. The van der Waals surface area contributed by atoms with Crippen molar-refractivity contribution in [2.24, 2.45) is 5.41 Å². The van der Waals surface area contributed by atoms with E-state index in [4.69, 9.17) is 14.1 Å². The summed E-state index contributed by atoms with van der Waals surface area (Å²) < 4.78 is 26.4. The van der Waals surface area contributed by atoms with Crippen LogP contribution < -0.4 is 5.48 Å². The zero-order valence-corrected chi connectivity index (χ0v) is 19.8. The monoisotopic (exact) mass is 480 g/mol. The molecule has 0 aliphatic heterocycles. The molecule has 0 radical (unpaired) electrons. The Kier molecular flexibility index (Phi) is 6.99. The molecular formula is C24H25FN6O4. The number of ether oxygens (including phenoxy) is 1. The highest BCUT2D eigenvalue weighted by molar-refractivity contribution is 5.75. The molecule has 0 spiro atoms. The lowest BCUT2D eigenvalue weighted by molar-refractivity contribution is -0.161. The average Bonchev–Trinajstić information content (AvgIpc) is 3.47. The molecule has 0 fully saturated rings. The third-order valence-electron chi connectivity index (χ3n) is 5.02. The van der Waals surface area contributed by atoms with Crippen molar-refractivity contribution in [2.45, 2.75) is 33.9 Å². The van der Waals surface area contributed by atoms with Crippen LogP contribution in [0.25, 0.3) is 28.7 Å². The number of halogens is 1. The second-order valence-corrected chi connectivity index (χ2v) is 8.76. The summed E-state index contributed by atoms with van der Waals surface area (Å²) in [7, 11) is 1.52. The topological polar surface area (TPSA) is 117 Å². The second-order valence-electron chi connectivity index (χ2n) is 8.76. The van der Waals surface area contributed by atoms with E-state index in [1.165, 1.54) is 17.9 Å². The summed E-state index contributed by atoms with van der Waals surface area (Å²) in [6, 6.07) is 13.6. The molecule has 2 heterocycles. The van der Waals surface area contributed by atoms with Gasteiger partial charge in [-0.15, -0.1) is 10.6 Å². The van der Waals surface area contributed by atoms with Crippen molar-refractivity contribution in [1.82, 2.24) is 30.6 Å². The third-order valence-corrected chi connectivity index (χ3v) is 5.02. The maximum absolute atomic E-state index is 14.3. The number of methoxy groups -OCH3 is 1. The highest BCUT2D eigenvalue weighted by Gasteiger charge is 2.24. The van der Waals surface area contributed by atoms with E-state index in [2.05, 4.69) is 25.9 Å². The minimum Gasteiger partial charge on any atom is -0.378 e. The molecule has 0 atom stereocenters. The zero-order chi connectivity index (χ0) is 25.0. The van der Waals surface area contributed by atoms with Gasteiger partial charge < -0.3 is 14.1 Å². The molecular weight excluding hydrogens is 455 g/mol. The summed E-state index contributed by atoms with van der Waals surface area (Å²) in [4.78, 5) is 21.3. The maximum atomic E-state index is 14.3. The minimum atomic E-state index is -0.586. The summed E-state index contributed by atoms with van der Waals surface area (Å²) in [5.74, 6) is -0.305. The van der Waals surface area contributed by atoms with E-state index >= 15 is 0 Å². The molecule has 2 aromatic carbocycles. The number of hydrogen-bond donors (Lipinski definition) is 1. The third kappa shape index (κ3) is 5.42. The summed E-state index contributed by atoms with van der Waals surface area (Å²) in [5.41, 5.74) is 4.70. The van der Waals surface area contributed by atoms with Gasteiger partial charge in [0, 0.05) is 12.7 Å². The fourth-order valence-corrected chi connectivity index (χ4v) is 3.10. The van der Waals surface area contributed by atoms with Crippen LogP contribution in [-0.4, -0.2) is 38.2 Å². The van der Waals surface area contributed by atoms with Crippen molar-refractivity contribution in [3.05, 3.63) is 65.6 Å². The number of carbonyl (C=O) groups excluding carboxylic acids is 1. The van der Waals surface area contributed by atoms with Gasteiger partial charge >= 0.3 is 5.97 Å². The predicted octanol–water partition coefficient (Wildman–Crippen LogP) is 3.86. The van der Waals surface area contributed by atoms with Gasteiger partial charge in [0.25, 0.3) is 5.89 Å². The fraction of sp³-hybridized carbons (Fsp3) is 0.292. The first-order chi connectivity index (χ1) is 16.8. The maximum Gasteiger partial charge on any atom is 0.329 e. The molecule has 0 amide bonds. The van der Waals surface area contributed by atoms with Gasteiger partial charge in [0.1, 0.15) is 17.2 Å². The molecule has 4 rings (SSSR count). The second kappa shape index (κ2) is 10.1. The van der Waals surface area contributed by atoms with Crippen LogP contribution in [0.3, 0.4) is 0 Å². The van der Waals surface area contributed by atoms with Crippen LogP contribution >= 0.6 is 0 Å².